The van der Waals surface area contributed by atoms with E-state index in [-0.39, 0.29) is 18.2 Å². The SMILES string of the molecule is CC(C)Nc1ccc(-c2sc3c(c2CN(C)Cc2ccccc2)c(=O)n(-c2ccccc2)c(=O)n3Cc2c(F)cccc2F)cc1. The van der Waals surface area contributed by atoms with Gasteiger partial charge in [0.1, 0.15) is 16.5 Å². The lowest BCUT2D eigenvalue weighted by Gasteiger charge is -2.18. The van der Waals surface area contributed by atoms with Gasteiger partial charge in [0.25, 0.3) is 5.56 Å². The Morgan fingerprint density at radius 1 is 0.783 bits per heavy atom. The number of hydrogen-bond donors (Lipinski definition) is 1. The summed E-state index contributed by atoms with van der Waals surface area (Å²) in [5, 5.41) is 3.75. The van der Waals surface area contributed by atoms with Gasteiger partial charge in [0.05, 0.1) is 17.6 Å². The molecule has 0 unspecified atom stereocenters. The normalized spacial score (nSPS) is 11.5. The molecule has 46 heavy (non-hydrogen) atoms. The third kappa shape index (κ3) is 6.29. The molecule has 6 rings (SSSR count). The average molecular weight is 637 g/mol. The number of nitrogens with zero attached hydrogens (tertiary/aromatic N) is 3. The molecule has 0 fully saturated rings. The van der Waals surface area contributed by atoms with Crippen molar-refractivity contribution >= 4 is 27.2 Å². The van der Waals surface area contributed by atoms with E-state index in [1.54, 1.807) is 30.3 Å². The van der Waals surface area contributed by atoms with Crippen LogP contribution in [0.5, 0.6) is 0 Å². The summed E-state index contributed by atoms with van der Waals surface area (Å²) in [6.45, 7) is 4.78. The van der Waals surface area contributed by atoms with Crippen LogP contribution in [0.25, 0.3) is 26.3 Å². The van der Waals surface area contributed by atoms with Crippen LogP contribution in [0.4, 0.5) is 14.5 Å². The zero-order valence-corrected chi connectivity index (χ0v) is 26.7. The summed E-state index contributed by atoms with van der Waals surface area (Å²) in [4.78, 5) is 31.9. The first kappa shape index (κ1) is 31.1. The number of nitrogens with one attached hydrogen (secondary N) is 1. The van der Waals surface area contributed by atoms with Crippen molar-refractivity contribution in [1.29, 1.82) is 0 Å². The van der Waals surface area contributed by atoms with Gasteiger partial charge in [-0.25, -0.2) is 18.1 Å². The van der Waals surface area contributed by atoms with Crippen molar-refractivity contribution in [3.05, 3.63) is 152 Å². The van der Waals surface area contributed by atoms with Crippen molar-refractivity contribution in [2.45, 2.75) is 39.5 Å². The summed E-state index contributed by atoms with van der Waals surface area (Å²) in [6.07, 6.45) is 0. The highest BCUT2D eigenvalue weighted by molar-refractivity contribution is 7.22. The summed E-state index contributed by atoms with van der Waals surface area (Å²) in [5.74, 6) is -1.52. The number of benzene rings is 4. The van der Waals surface area contributed by atoms with E-state index >= 15 is 0 Å². The molecule has 0 bridgehead atoms. The Balaban J connectivity index is 1.62. The number of para-hydroxylation sites is 1. The maximum atomic E-state index is 15.0. The van der Waals surface area contributed by atoms with Gasteiger partial charge in [-0.15, -0.1) is 11.3 Å². The minimum Gasteiger partial charge on any atom is -0.383 e. The predicted molar refractivity (Wildman–Crippen MR) is 183 cm³/mol. The molecule has 9 heteroatoms. The number of thiophene rings is 1. The maximum Gasteiger partial charge on any atom is 0.337 e. The van der Waals surface area contributed by atoms with E-state index < -0.39 is 22.9 Å². The van der Waals surface area contributed by atoms with Gasteiger partial charge in [-0.1, -0.05) is 66.7 Å². The molecule has 0 aliphatic carbocycles. The molecule has 2 aromatic heterocycles. The van der Waals surface area contributed by atoms with Crippen LogP contribution >= 0.6 is 11.3 Å². The molecule has 0 aliphatic rings. The van der Waals surface area contributed by atoms with Crippen LogP contribution in [-0.2, 0) is 19.6 Å². The number of fused-ring (bicyclic) bond motifs is 1. The van der Waals surface area contributed by atoms with Gasteiger partial charge in [0, 0.05) is 35.3 Å². The second kappa shape index (κ2) is 13.2. The lowest BCUT2D eigenvalue weighted by atomic mass is 10.1. The van der Waals surface area contributed by atoms with Crippen molar-refractivity contribution in [3.8, 4) is 16.1 Å². The Labute approximate surface area is 269 Å². The molecule has 0 radical (unpaired) electrons. The molecule has 6 aromatic rings. The fourth-order valence-corrected chi connectivity index (χ4v) is 7.01. The van der Waals surface area contributed by atoms with E-state index in [1.165, 1.54) is 34.1 Å². The zero-order chi connectivity index (χ0) is 32.4. The highest BCUT2D eigenvalue weighted by atomic mass is 32.1. The Kier molecular flexibility index (Phi) is 8.96. The Morgan fingerprint density at radius 2 is 1.41 bits per heavy atom. The Hall–Kier alpha value is -4.86. The molecular formula is C37H34F2N4O2S. The van der Waals surface area contributed by atoms with Crippen LogP contribution in [0.15, 0.2) is 113 Å². The first-order valence-electron chi connectivity index (χ1n) is 15.1. The zero-order valence-electron chi connectivity index (χ0n) is 25.8. The van der Waals surface area contributed by atoms with Gasteiger partial charge >= 0.3 is 5.69 Å². The van der Waals surface area contributed by atoms with E-state index in [4.69, 9.17) is 0 Å². The first-order valence-corrected chi connectivity index (χ1v) is 15.9. The van der Waals surface area contributed by atoms with Crippen molar-refractivity contribution < 1.29 is 8.78 Å². The summed E-state index contributed by atoms with van der Waals surface area (Å²) in [5.41, 5.74) is 2.69. The van der Waals surface area contributed by atoms with Crippen LogP contribution in [0.2, 0.25) is 0 Å². The number of rotatable bonds is 10. The second-order valence-electron chi connectivity index (χ2n) is 11.7. The number of aromatic nitrogens is 2. The molecule has 0 amide bonds. The summed E-state index contributed by atoms with van der Waals surface area (Å²) < 4.78 is 32.4. The highest BCUT2D eigenvalue weighted by Crippen LogP contribution is 2.39. The Morgan fingerprint density at radius 3 is 2.04 bits per heavy atom. The molecule has 6 nitrogen and oxygen atoms in total. The molecular weight excluding hydrogens is 602 g/mol. The summed E-state index contributed by atoms with van der Waals surface area (Å²) in [7, 11) is 1.98. The van der Waals surface area contributed by atoms with Crippen LogP contribution in [0.1, 0.15) is 30.5 Å². The van der Waals surface area contributed by atoms with Crippen molar-refractivity contribution in [2.24, 2.45) is 0 Å². The first-order chi connectivity index (χ1) is 22.2. The van der Waals surface area contributed by atoms with Gasteiger partial charge in [-0.3, -0.25) is 14.3 Å². The van der Waals surface area contributed by atoms with E-state index in [2.05, 4.69) is 24.1 Å². The van der Waals surface area contributed by atoms with E-state index in [1.807, 2.05) is 61.6 Å². The second-order valence-corrected chi connectivity index (χ2v) is 12.7. The fourth-order valence-electron chi connectivity index (χ4n) is 5.71. The number of anilines is 1. The number of halogens is 2. The van der Waals surface area contributed by atoms with E-state index in [0.29, 0.717) is 29.0 Å². The van der Waals surface area contributed by atoms with Gasteiger partial charge < -0.3 is 5.32 Å². The third-order valence-electron chi connectivity index (χ3n) is 7.79. The molecule has 0 saturated carbocycles. The minimum absolute atomic E-state index is 0.244. The largest absolute Gasteiger partial charge is 0.383 e. The van der Waals surface area contributed by atoms with Gasteiger partial charge in [0.2, 0.25) is 0 Å². The third-order valence-corrected chi connectivity index (χ3v) is 9.09. The van der Waals surface area contributed by atoms with Crippen molar-refractivity contribution in [2.75, 3.05) is 12.4 Å². The summed E-state index contributed by atoms with van der Waals surface area (Å²) >= 11 is 1.29. The van der Waals surface area contributed by atoms with Crippen LogP contribution in [0.3, 0.4) is 0 Å². The molecule has 234 valence electrons. The van der Waals surface area contributed by atoms with Gasteiger partial charge in [-0.05, 0) is 74.0 Å². The monoisotopic (exact) mass is 636 g/mol. The van der Waals surface area contributed by atoms with Crippen molar-refractivity contribution in [1.82, 2.24) is 14.0 Å². The molecule has 2 heterocycles. The average Bonchev–Trinajstić information content (AvgIpc) is 3.40. The van der Waals surface area contributed by atoms with E-state index in [0.717, 1.165) is 31.8 Å². The quantitative estimate of drug-likeness (QED) is 0.168. The molecule has 0 spiro atoms. The molecule has 4 aromatic carbocycles. The van der Waals surface area contributed by atoms with Crippen LogP contribution < -0.4 is 16.6 Å². The molecule has 0 atom stereocenters. The lowest BCUT2D eigenvalue weighted by molar-refractivity contribution is 0.321. The number of hydrogen-bond acceptors (Lipinski definition) is 5. The lowest BCUT2D eigenvalue weighted by Crippen LogP contribution is -2.39. The maximum absolute atomic E-state index is 15.0. The molecule has 0 aliphatic heterocycles. The van der Waals surface area contributed by atoms with Crippen molar-refractivity contribution in [3.63, 3.8) is 0 Å². The van der Waals surface area contributed by atoms with Crippen LogP contribution in [-0.4, -0.2) is 27.1 Å². The van der Waals surface area contributed by atoms with Gasteiger partial charge in [0.15, 0.2) is 0 Å². The fraction of sp³-hybridized carbons (Fsp3) is 0.189. The molecule has 1 N–H and O–H groups in total. The van der Waals surface area contributed by atoms with E-state index in [9.17, 15) is 18.4 Å². The standard InChI is InChI=1S/C37H34F2N4O2S/c1-24(2)40-27-19-17-26(18-20-27)34-30(22-41(3)21-25-11-6-4-7-12-25)33-35(44)43(28-13-8-5-9-14-28)37(45)42(36(33)46-34)23-29-31(38)15-10-16-32(29)39/h4-20,24,40H,21-23H2,1-3H3. The predicted octanol–water partition coefficient (Wildman–Crippen LogP) is 7.66. The minimum atomic E-state index is -0.759. The Bertz CT molecular complexity index is 2080. The van der Waals surface area contributed by atoms with Crippen LogP contribution in [0, 0.1) is 11.6 Å². The van der Waals surface area contributed by atoms with Gasteiger partial charge in [-0.2, -0.15) is 0 Å². The smallest absolute Gasteiger partial charge is 0.337 e. The topological polar surface area (TPSA) is 59.3 Å². The highest BCUT2D eigenvalue weighted by Gasteiger charge is 2.25. The summed E-state index contributed by atoms with van der Waals surface area (Å²) in [6, 6.07) is 30.5. The molecule has 0 saturated heterocycles.